The normalized spacial score (nSPS) is 21.3. The zero-order valence-electron chi connectivity index (χ0n) is 20.2. The standard InChI is InChI=1S/C22H43N5O4/c1-6-25(4)16-20(28)14-19-15-21(29)18-27(19,5)11-10-26(7-2)17-22(30)24-9-13-31-12-8-23-3/h19,23H,6-18H2,1-5H3/p+1/t19-,27?/m0/s1. The third-order valence-electron chi connectivity index (χ3n) is 6.14. The van der Waals surface area contributed by atoms with E-state index in [2.05, 4.69) is 22.6 Å². The van der Waals surface area contributed by atoms with Gasteiger partial charge in [-0.05, 0) is 27.2 Å². The maximum atomic E-state index is 12.4. The van der Waals surface area contributed by atoms with Crippen LogP contribution in [0.25, 0.3) is 0 Å². The number of carbonyl (C=O) groups excluding carboxylic acids is 3. The first-order valence-electron chi connectivity index (χ1n) is 11.5. The van der Waals surface area contributed by atoms with Crippen molar-refractivity contribution in [1.29, 1.82) is 0 Å². The van der Waals surface area contributed by atoms with Gasteiger partial charge in [-0.2, -0.15) is 0 Å². The third kappa shape index (κ3) is 10.7. The van der Waals surface area contributed by atoms with Crippen molar-refractivity contribution >= 4 is 17.5 Å². The van der Waals surface area contributed by atoms with Crippen LogP contribution >= 0.6 is 0 Å². The highest BCUT2D eigenvalue weighted by molar-refractivity contribution is 5.85. The third-order valence-corrected chi connectivity index (χ3v) is 6.14. The average Bonchev–Trinajstić information content (AvgIpc) is 3.00. The first kappa shape index (κ1) is 27.6. The highest BCUT2D eigenvalue weighted by Crippen LogP contribution is 2.25. The van der Waals surface area contributed by atoms with Gasteiger partial charge < -0.3 is 19.9 Å². The SMILES string of the molecule is CCN(C)CC(=O)C[C@H]1CC(=O)C[N+]1(C)CCN(CC)CC(=O)NCCOCCNC. The van der Waals surface area contributed by atoms with Crippen LogP contribution in [0.5, 0.6) is 0 Å². The van der Waals surface area contributed by atoms with Crippen LogP contribution in [0.2, 0.25) is 0 Å². The zero-order valence-corrected chi connectivity index (χ0v) is 20.2. The lowest BCUT2D eigenvalue weighted by Crippen LogP contribution is -2.53. The molecule has 1 unspecified atom stereocenters. The van der Waals surface area contributed by atoms with Crippen LogP contribution in [-0.2, 0) is 19.1 Å². The lowest BCUT2D eigenvalue weighted by atomic mass is 10.1. The van der Waals surface area contributed by atoms with Gasteiger partial charge in [-0.3, -0.25) is 24.2 Å². The molecule has 9 nitrogen and oxygen atoms in total. The van der Waals surface area contributed by atoms with Crippen LogP contribution in [0.1, 0.15) is 26.7 Å². The van der Waals surface area contributed by atoms with Crippen LogP contribution in [0, 0.1) is 0 Å². The topological polar surface area (TPSA) is 91.0 Å². The van der Waals surface area contributed by atoms with Gasteiger partial charge in [0, 0.05) is 19.6 Å². The largest absolute Gasteiger partial charge is 0.378 e. The molecule has 0 bridgehead atoms. The molecule has 9 heteroatoms. The van der Waals surface area contributed by atoms with E-state index in [-0.39, 0.29) is 23.5 Å². The monoisotopic (exact) mass is 442 g/mol. The number of ether oxygens (including phenoxy) is 1. The number of likely N-dealkylation sites (N-methyl/N-ethyl adjacent to an activating group) is 4. The van der Waals surface area contributed by atoms with Crippen molar-refractivity contribution < 1.29 is 23.6 Å². The number of hydrogen-bond donors (Lipinski definition) is 2. The minimum atomic E-state index is -0.0199. The van der Waals surface area contributed by atoms with Gasteiger partial charge >= 0.3 is 0 Å². The summed E-state index contributed by atoms with van der Waals surface area (Å²) < 4.78 is 5.99. The van der Waals surface area contributed by atoms with Crippen molar-refractivity contribution in [1.82, 2.24) is 20.4 Å². The van der Waals surface area contributed by atoms with Crippen molar-refractivity contribution in [2.45, 2.75) is 32.7 Å². The quantitative estimate of drug-likeness (QED) is 0.229. The molecule has 1 saturated heterocycles. The molecule has 0 radical (unpaired) electrons. The molecule has 0 aromatic heterocycles. The molecule has 1 aliphatic rings. The van der Waals surface area contributed by atoms with Crippen molar-refractivity contribution in [2.24, 2.45) is 0 Å². The van der Waals surface area contributed by atoms with E-state index in [0.717, 1.165) is 26.2 Å². The molecule has 0 spiro atoms. The number of nitrogens with zero attached hydrogens (tertiary/aromatic N) is 3. The van der Waals surface area contributed by atoms with E-state index in [1.54, 1.807) is 0 Å². The molecule has 2 N–H and O–H groups in total. The number of ketones is 2. The lowest BCUT2D eigenvalue weighted by Gasteiger charge is -2.37. The molecule has 31 heavy (non-hydrogen) atoms. The fraction of sp³-hybridized carbons (Fsp3) is 0.864. The summed E-state index contributed by atoms with van der Waals surface area (Å²) >= 11 is 0. The summed E-state index contributed by atoms with van der Waals surface area (Å²) in [6.07, 6.45) is 0.908. The number of Topliss-reactive ketones (excluding diaryl/α,β-unsaturated/α-hetero) is 2. The predicted octanol–water partition coefficient (Wildman–Crippen LogP) is -0.641. The van der Waals surface area contributed by atoms with Crippen LogP contribution in [0.3, 0.4) is 0 Å². The van der Waals surface area contributed by atoms with Gasteiger partial charge in [0.2, 0.25) is 5.91 Å². The smallest absolute Gasteiger partial charge is 0.234 e. The van der Waals surface area contributed by atoms with Crippen molar-refractivity contribution in [3.8, 4) is 0 Å². The van der Waals surface area contributed by atoms with E-state index in [1.165, 1.54) is 0 Å². The van der Waals surface area contributed by atoms with Gasteiger partial charge in [0.25, 0.3) is 0 Å². The van der Waals surface area contributed by atoms with Gasteiger partial charge in [0.1, 0.15) is 12.6 Å². The Morgan fingerprint density at radius 1 is 1.16 bits per heavy atom. The first-order valence-corrected chi connectivity index (χ1v) is 11.5. The van der Waals surface area contributed by atoms with Crippen molar-refractivity contribution in [3.63, 3.8) is 0 Å². The van der Waals surface area contributed by atoms with Gasteiger partial charge in [0.15, 0.2) is 11.6 Å². The Labute approximate surface area is 188 Å². The fourth-order valence-corrected chi connectivity index (χ4v) is 3.89. The number of rotatable bonds is 17. The number of amides is 1. The van der Waals surface area contributed by atoms with E-state index in [1.807, 2.05) is 32.8 Å². The van der Waals surface area contributed by atoms with Crippen LogP contribution in [0.4, 0.5) is 0 Å². The predicted molar refractivity (Wildman–Crippen MR) is 122 cm³/mol. The molecule has 1 aliphatic heterocycles. The molecule has 0 aromatic rings. The molecule has 1 amide bonds. The summed E-state index contributed by atoms with van der Waals surface area (Å²) in [6.45, 7) is 10.7. The van der Waals surface area contributed by atoms with Gasteiger partial charge in [-0.25, -0.2) is 0 Å². The second-order valence-electron chi connectivity index (χ2n) is 8.77. The minimum Gasteiger partial charge on any atom is -0.378 e. The molecule has 0 aliphatic carbocycles. The second kappa shape index (κ2) is 14.6. The van der Waals surface area contributed by atoms with E-state index in [4.69, 9.17) is 4.74 Å². The maximum Gasteiger partial charge on any atom is 0.234 e. The highest BCUT2D eigenvalue weighted by atomic mass is 16.5. The summed E-state index contributed by atoms with van der Waals surface area (Å²) in [5.41, 5.74) is 0. The van der Waals surface area contributed by atoms with Gasteiger partial charge in [-0.15, -0.1) is 0 Å². The van der Waals surface area contributed by atoms with Crippen molar-refractivity contribution in [3.05, 3.63) is 0 Å². The van der Waals surface area contributed by atoms with Crippen LogP contribution < -0.4 is 10.6 Å². The van der Waals surface area contributed by atoms with E-state index < -0.39 is 0 Å². The van der Waals surface area contributed by atoms with Gasteiger partial charge in [0.05, 0.1) is 52.7 Å². The van der Waals surface area contributed by atoms with Gasteiger partial charge in [-0.1, -0.05) is 13.8 Å². The molecular formula is C22H44N5O4+. The summed E-state index contributed by atoms with van der Waals surface area (Å²) in [7, 11) is 5.88. The Bertz CT molecular complexity index is 574. The molecule has 180 valence electrons. The fourth-order valence-electron chi connectivity index (χ4n) is 3.89. The number of hydrogen-bond acceptors (Lipinski definition) is 7. The average molecular weight is 443 g/mol. The molecule has 1 rings (SSSR count). The number of carbonyl (C=O) groups is 3. The van der Waals surface area contributed by atoms with E-state index in [0.29, 0.717) is 63.3 Å². The highest BCUT2D eigenvalue weighted by Gasteiger charge is 2.43. The Kier molecular flexibility index (Phi) is 13.0. The molecule has 0 saturated carbocycles. The summed E-state index contributed by atoms with van der Waals surface area (Å²) in [4.78, 5) is 41.0. The molecule has 1 fully saturated rings. The second-order valence-corrected chi connectivity index (χ2v) is 8.77. The molecule has 2 atom stereocenters. The maximum absolute atomic E-state index is 12.4. The number of likely N-dealkylation sites (tertiary alicyclic amines) is 1. The minimum absolute atomic E-state index is 0.0199. The Morgan fingerprint density at radius 3 is 2.52 bits per heavy atom. The zero-order chi connectivity index (χ0) is 23.3. The molecule has 0 aromatic carbocycles. The Balaban J connectivity index is 2.47. The van der Waals surface area contributed by atoms with Crippen LogP contribution in [0.15, 0.2) is 0 Å². The number of nitrogens with one attached hydrogen (secondary N) is 2. The summed E-state index contributed by atoms with van der Waals surface area (Å²) in [5, 5.41) is 5.90. The Hall–Kier alpha value is -1.39. The Morgan fingerprint density at radius 2 is 1.87 bits per heavy atom. The molecular weight excluding hydrogens is 398 g/mol. The lowest BCUT2D eigenvalue weighted by molar-refractivity contribution is -0.916. The summed E-state index contributed by atoms with van der Waals surface area (Å²) in [6, 6.07) is 0.0348. The number of quaternary nitrogens is 1. The van der Waals surface area contributed by atoms with E-state index >= 15 is 0 Å². The first-order chi connectivity index (χ1) is 14.7. The van der Waals surface area contributed by atoms with E-state index in [9.17, 15) is 14.4 Å². The molecule has 1 heterocycles. The summed E-state index contributed by atoms with van der Waals surface area (Å²) in [5.74, 6) is 0.397. The van der Waals surface area contributed by atoms with Crippen molar-refractivity contribution in [2.75, 3.05) is 93.3 Å². The van der Waals surface area contributed by atoms with Crippen LogP contribution in [-0.4, -0.2) is 131 Å².